The van der Waals surface area contributed by atoms with Crippen molar-refractivity contribution in [2.75, 3.05) is 7.11 Å². The van der Waals surface area contributed by atoms with E-state index in [0.717, 1.165) is 30.4 Å². The number of ether oxygens (including phenoxy) is 1. The summed E-state index contributed by atoms with van der Waals surface area (Å²) in [5.74, 6) is 0.710. The third kappa shape index (κ3) is 3.70. The lowest BCUT2D eigenvalue weighted by Gasteiger charge is -2.39. The average molecular weight is 392 g/mol. The molecule has 1 fully saturated rings. The number of rotatable bonds is 3. The number of halogens is 2. The number of carbonyl (C=O) groups is 1. The van der Waals surface area contributed by atoms with Crippen molar-refractivity contribution in [3.8, 4) is 16.9 Å². The molecule has 0 aliphatic carbocycles. The first-order valence-electron chi connectivity index (χ1n) is 8.88. The number of likely N-dealkylation sites (tertiary alicyclic amines) is 1. The van der Waals surface area contributed by atoms with E-state index >= 15 is 0 Å². The number of methoxy groups -OCH3 is 1. The summed E-state index contributed by atoms with van der Waals surface area (Å²) in [6.45, 7) is 4.21. The SMILES string of the molecule is COc1ccc(Cl)cc1-c1ccc(C(=O)N2[C@H](C)CCC[C@@H]2C)c(Cl)c1. The summed E-state index contributed by atoms with van der Waals surface area (Å²) in [6.07, 6.45) is 3.23. The highest BCUT2D eigenvalue weighted by molar-refractivity contribution is 6.34. The lowest BCUT2D eigenvalue weighted by Crippen LogP contribution is -2.47. The molecule has 1 aliphatic rings. The van der Waals surface area contributed by atoms with Gasteiger partial charge in [-0.2, -0.15) is 0 Å². The summed E-state index contributed by atoms with van der Waals surface area (Å²) in [6, 6.07) is 11.4. The Morgan fingerprint density at radius 1 is 1.08 bits per heavy atom. The van der Waals surface area contributed by atoms with Crippen molar-refractivity contribution >= 4 is 29.1 Å². The summed E-state index contributed by atoms with van der Waals surface area (Å²) in [4.78, 5) is 15.0. The van der Waals surface area contributed by atoms with Crippen molar-refractivity contribution in [3.63, 3.8) is 0 Å². The first kappa shape index (κ1) is 19.1. The molecule has 5 heteroatoms. The molecule has 1 amide bonds. The Morgan fingerprint density at radius 3 is 2.38 bits per heavy atom. The van der Waals surface area contributed by atoms with E-state index in [0.29, 0.717) is 21.4 Å². The Bertz CT molecular complexity index is 812. The lowest BCUT2D eigenvalue weighted by molar-refractivity contribution is 0.0511. The maximum Gasteiger partial charge on any atom is 0.255 e. The number of carbonyl (C=O) groups excluding carboxylic acids is 1. The van der Waals surface area contributed by atoms with Crippen LogP contribution in [0.2, 0.25) is 10.0 Å². The number of benzene rings is 2. The molecule has 0 bridgehead atoms. The Morgan fingerprint density at radius 2 is 1.77 bits per heavy atom. The molecule has 1 aliphatic heterocycles. The van der Waals surface area contributed by atoms with Crippen molar-refractivity contribution < 1.29 is 9.53 Å². The van der Waals surface area contributed by atoms with Gasteiger partial charge in [-0.15, -0.1) is 0 Å². The van der Waals surface area contributed by atoms with E-state index in [9.17, 15) is 4.79 Å². The highest BCUT2D eigenvalue weighted by atomic mass is 35.5. The maximum absolute atomic E-state index is 13.1. The fourth-order valence-electron chi connectivity index (χ4n) is 3.72. The monoisotopic (exact) mass is 391 g/mol. The predicted molar refractivity (Wildman–Crippen MR) is 107 cm³/mol. The summed E-state index contributed by atoms with van der Waals surface area (Å²) in [5, 5.41) is 1.06. The van der Waals surface area contributed by atoms with Crippen LogP contribution in [0.1, 0.15) is 43.5 Å². The second-order valence-electron chi connectivity index (χ2n) is 6.88. The number of piperidine rings is 1. The van der Waals surface area contributed by atoms with Crippen LogP contribution in [0.25, 0.3) is 11.1 Å². The summed E-state index contributed by atoms with van der Waals surface area (Å²) >= 11 is 12.6. The van der Waals surface area contributed by atoms with Gasteiger partial charge in [0.05, 0.1) is 17.7 Å². The van der Waals surface area contributed by atoms with E-state index in [4.69, 9.17) is 27.9 Å². The van der Waals surface area contributed by atoms with Gasteiger partial charge in [-0.25, -0.2) is 0 Å². The standard InChI is InChI=1S/C21H23Cl2NO2/c1-13-5-4-6-14(2)24(13)21(25)17-9-7-15(11-19(17)23)18-12-16(22)8-10-20(18)26-3/h7-14H,4-6H2,1-3H3/t13-,14+. The van der Waals surface area contributed by atoms with Gasteiger partial charge in [-0.05, 0) is 69.0 Å². The fourth-order valence-corrected chi connectivity index (χ4v) is 4.16. The molecule has 3 rings (SSSR count). The van der Waals surface area contributed by atoms with Crippen LogP contribution in [0, 0.1) is 0 Å². The number of hydrogen-bond donors (Lipinski definition) is 0. The van der Waals surface area contributed by atoms with E-state index in [-0.39, 0.29) is 18.0 Å². The molecule has 2 aromatic rings. The molecule has 0 aromatic heterocycles. The van der Waals surface area contributed by atoms with E-state index in [1.54, 1.807) is 19.2 Å². The lowest BCUT2D eigenvalue weighted by atomic mass is 9.95. The Kier molecular flexibility index (Phi) is 5.79. The third-order valence-corrected chi connectivity index (χ3v) is 5.65. The van der Waals surface area contributed by atoms with Crippen LogP contribution in [0.4, 0.5) is 0 Å². The van der Waals surface area contributed by atoms with Gasteiger partial charge in [0, 0.05) is 22.7 Å². The number of hydrogen-bond acceptors (Lipinski definition) is 2. The van der Waals surface area contributed by atoms with Crippen LogP contribution < -0.4 is 4.74 Å². The molecule has 0 N–H and O–H groups in total. The van der Waals surface area contributed by atoms with Gasteiger partial charge < -0.3 is 9.64 Å². The Balaban J connectivity index is 1.95. The van der Waals surface area contributed by atoms with Crippen molar-refractivity contribution in [1.29, 1.82) is 0 Å². The molecule has 1 saturated heterocycles. The number of amides is 1. The van der Waals surface area contributed by atoms with Gasteiger partial charge in [0.25, 0.3) is 5.91 Å². The van der Waals surface area contributed by atoms with Crippen LogP contribution in [0.15, 0.2) is 36.4 Å². The van der Waals surface area contributed by atoms with Crippen molar-refractivity contribution in [2.45, 2.75) is 45.2 Å². The quantitative estimate of drug-likeness (QED) is 0.634. The van der Waals surface area contributed by atoms with Crippen molar-refractivity contribution in [2.24, 2.45) is 0 Å². The molecule has 1 heterocycles. The molecule has 2 aromatic carbocycles. The van der Waals surface area contributed by atoms with E-state index < -0.39 is 0 Å². The zero-order valence-electron chi connectivity index (χ0n) is 15.3. The summed E-state index contributed by atoms with van der Waals surface area (Å²) < 4.78 is 5.42. The second-order valence-corrected chi connectivity index (χ2v) is 7.72. The molecule has 138 valence electrons. The first-order chi connectivity index (χ1) is 12.4. The zero-order valence-corrected chi connectivity index (χ0v) is 16.8. The first-order valence-corrected chi connectivity index (χ1v) is 9.64. The molecular formula is C21H23Cl2NO2. The van der Waals surface area contributed by atoms with Gasteiger partial charge in [0.15, 0.2) is 0 Å². The van der Waals surface area contributed by atoms with Crippen molar-refractivity contribution in [1.82, 2.24) is 4.90 Å². The molecule has 0 radical (unpaired) electrons. The Hall–Kier alpha value is -1.71. The third-order valence-electron chi connectivity index (χ3n) is 5.10. The molecule has 2 atom stereocenters. The fraction of sp³-hybridized carbons (Fsp3) is 0.381. The minimum atomic E-state index is -0.000640. The molecule has 0 unspecified atom stereocenters. The van der Waals surface area contributed by atoms with Crippen LogP contribution in [0.5, 0.6) is 5.75 Å². The summed E-state index contributed by atoms with van der Waals surface area (Å²) in [7, 11) is 1.62. The van der Waals surface area contributed by atoms with E-state index in [1.165, 1.54) is 0 Å². The Labute approximate surface area is 164 Å². The molecular weight excluding hydrogens is 369 g/mol. The van der Waals surface area contributed by atoms with Crippen molar-refractivity contribution in [3.05, 3.63) is 52.0 Å². The minimum absolute atomic E-state index is 0.000640. The molecule has 3 nitrogen and oxygen atoms in total. The predicted octanol–water partition coefficient (Wildman–Crippen LogP) is 6.07. The van der Waals surface area contributed by atoms with Crippen LogP contribution >= 0.6 is 23.2 Å². The smallest absolute Gasteiger partial charge is 0.255 e. The molecule has 0 spiro atoms. The van der Waals surface area contributed by atoms with Crippen LogP contribution in [0.3, 0.4) is 0 Å². The van der Waals surface area contributed by atoms with Gasteiger partial charge in [0.1, 0.15) is 5.75 Å². The zero-order chi connectivity index (χ0) is 18.8. The second kappa shape index (κ2) is 7.89. The van der Waals surface area contributed by atoms with Gasteiger partial charge >= 0.3 is 0 Å². The number of nitrogens with zero attached hydrogens (tertiary/aromatic N) is 1. The van der Waals surface area contributed by atoms with Gasteiger partial charge in [0.2, 0.25) is 0 Å². The topological polar surface area (TPSA) is 29.5 Å². The molecule has 26 heavy (non-hydrogen) atoms. The normalized spacial score (nSPS) is 20.1. The largest absolute Gasteiger partial charge is 0.496 e. The highest BCUT2D eigenvalue weighted by Gasteiger charge is 2.30. The average Bonchev–Trinajstić information content (AvgIpc) is 2.61. The molecule has 0 saturated carbocycles. The van der Waals surface area contributed by atoms with Crippen LogP contribution in [-0.4, -0.2) is 30.0 Å². The van der Waals surface area contributed by atoms with E-state index in [2.05, 4.69) is 13.8 Å². The highest BCUT2D eigenvalue weighted by Crippen LogP contribution is 2.35. The van der Waals surface area contributed by atoms with Crippen LogP contribution in [-0.2, 0) is 0 Å². The van der Waals surface area contributed by atoms with Gasteiger partial charge in [-0.3, -0.25) is 4.79 Å². The maximum atomic E-state index is 13.1. The van der Waals surface area contributed by atoms with E-state index in [1.807, 2.05) is 29.2 Å². The minimum Gasteiger partial charge on any atom is -0.496 e. The van der Waals surface area contributed by atoms with Gasteiger partial charge in [-0.1, -0.05) is 29.3 Å². The summed E-state index contributed by atoms with van der Waals surface area (Å²) in [5.41, 5.74) is 2.25.